The Labute approximate surface area is 137 Å². The minimum absolute atomic E-state index is 0.0338. The van der Waals surface area contributed by atoms with Crippen molar-refractivity contribution < 1.29 is 9.53 Å². The summed E-state index contributed by atoms with van der Waals surface area (Å²) in [7, 11) is 0. The number of anilines is 1. The fraction of sp³-hybridized carbons (Fsp3) is 0.350. The van der Waals surface area contributed by atoms with Gasteiger partial charge in [0.25, 0.3) is 5.91 Å². The van der Waals surface area contributed by atoms with Gasteiger partial charge in [-0.05, 0) is 74.4 Å². The SMILES string of the molecule is Cc1ccc(NC(=O)COc2ccc3c(c2)CCCC3)c(C)c1. The van der Waals surface area contributed by atoms with E-state index in [-0.39, 0.29) is 12.5 Å². The van der Waals surface area contributed by atoms with E-state index in [0.717, 1.165) is 29.8 Å². The van der Waals surface area contributed by atoms with Crippen molar-refractivity contribution in [2.45, 2.75) is 39.5 Å². The molecule has 0 saturated heterocycles. The largest absolute Gasteiger partial charge is 0.484 e. The number of amides is 1. The van der Waals surface area contributed by atoms with Crippen LogP contribution >= 0.6 is 0 Å². The number of carbonyl (C=O) groups is 1. The molecule has 2 aromatic carbocycles. The average molecular weight is 309 g/mol. The van der Waals surface area contributed by atoms with Crippen molar-refractivity contribution in [3.05, 3.63) is 58.7 Å². The molecule has 0 atom stereocenters. The van der Waals surface area contributed by atoms with Gasteiger partial charge in [-0.25, -0.2) is 0 Å². The van der Waals surface area contributed by atoms with Gasteiger partial charge in [-0.1, -0.05) is 23.8 Å². The Bertz CT molecular complexity index is 722. The molecule has 0 saturated carbocycles. The molecule has 1 aliphatic carbocycles. The van der Waals surface area contributed by atoms with Gasteiger partial charge in [0, 0.05) is 5.69 Å². The van der Waals surface area contributed by atoms with Crippen LogP contribution in [0.5, 0.6) is 5.75 Å². The summed E-state index contributed by atoms with van der Waals surface area (Å²) >= 11 is 0. The van der Waals surface area contributed by atoms with Gasteiger partial charge < -0.3 is 10.1 Å². The maximum atomic E-state index is 12.1. The molecular weight excluding hydrogens is 286 g/mol. The monoisotopic (exact) mass is 309 g/mol. The van der Waals surface area contributed by atoms with Crippen LogP contribution in [-0.4, -0.2) is 12.5 Å². The van der Waals surface area contributed by atoms with Crippen LogP contribution in [0.3, 0.4) is 0 Å². The number of hydrogen-bond donors (Lipinski definition) is 1. The third-order valence-corrected chi connectivity index (χ3v) is 4.35. The van der Waals surface area contributed by atoms with Crippen molar-refractivity contribution in [1.29, 1.82) is 0 Å². The van der Waals surface area contributed by atoms with E-state index < -0.39 is 0 Å². The van der Waals surface area contributed by atoms with Crippen LogP contribution in [-0.2, 0) is 17.6 Å². The summed E-state index contributed by atoms with van der Waals surface area (Å²) in [6.07, 6.45) is 4.78. The minimum atomic E-state index is -0.130. The summed E-state index contributed by atoms with van der Waals surface area (Å²) in [5.41, 5.74) is 5.87. The highest BCUT2D eigenvalue weighted by Crippen LogP contribution is 2.25. The molecule has 3 rings (SSSR count). The number of fused-ring (bicyclic) bond motifs is 1. The van der Waals surface area contributed by atoms with Crippen LogP contribution in [0.15, 0.2) is 36.4 Å². The highest BCUT2D eigenvalue weighted by Gasteiger charge is 2.11. The molecule has 0 radical (unpaired) electrons. The van der Waals surface area contributed by atoms with Gasteiger partial charge in [0.15, 0.2) is 6.61 Å². The molecule has 0 spiro atoms. The standard InChI is InChI=1S/C20H23NO2/c1-14-7-10-19(15(2)11-14)21-20(22)13-23-18-9-8-16-5-3-4-6-17(16)12-18/h7-12H,3-6,13H2,1-2H3,(H,21,22). The number of nitrogens with one attached hydrogen (secondary N) is 1. The molecule has 0 heterocycles. The number of carbonyl (C=O) groups excluding carboxylic acids is 1. The zero-order chi connectivity index (χ0) is 16.2. The molecule has 2 aromatic rings. The summed E-state index contributed by atoms with van der Waals surface area (Å²) in [6, 6.07) is 12.2. The number of rotatable bonds is 4. The maximum Gasteiger partial charge on any atom is 0.262 e. The van der Waals surface area contributed by atoms with Crippen molar-refractivity contribution in [2.24, 2.45) is 0 Å². The van der Waals surface area contributed by atoms with Crippen molar-refractivity contribution in [3.63, 3.8) is 0 Å². The van der Waals surface area contributed by atoms with Crippen LogP contribution in [0.4, 0.5) is 5.69 Å². The van der Waals surface area contributed by atoms with Gasteiger partial charge in [-0.3, -0.25) is 4.79 Å². The van der Waals surface area contributed by atoms with Crippen molar-refractivity contribution in [3.8, 4) is 5.75 Å². The second-order valence-corrected chi connectivity index (χ2v) is 6.29. The third-order valence-electron chi connectivity index (χ3n) is 4.35. The zero-order valence-electron chi connectivity index (χ0n) is 13.8. The van der Waals surface area contributed by atoms with E-state index in [1.807, 2.05) is 32.0 Å². The molecule has 23 heavy (non-hydrogen) atoms. The predicted octanol–water partition coefficient (Wildman–Crippen LogP) is 4.20. The highest BCUT2D eigenvalue weighted by molar-refractivity contribution is 5.92. The van der Waals surface area contributed by atoms with Gasteiger partial charge in [0.1, 0.15) is 5.75 Å². The topological polar surface area (TPSA) is 38.3 Å². The molecule has 0 bridgehead atoms. The van der Waals surface area contributed by atoms with Gasteiger partial charge in [0.05, 0.1) is 0 Å². The zero-order valence-corrected chi connectivity index (χ0v) is 13.8. The van der Waals surface area contributed by atoms with Gasteiger partial charge in [0.2, 0.25) is 0 Å². The molecule has 0 aliphatic heterocycles. The normalized spacial score (nSPS) is 13.3. The lowest BCUT2D eigenvalue weighted by Crippen LogP contribution is -2.20. The van der Waals surface area contributed by atoms with Crippen LogP contribution < -0.4 is 10.1 Å². The number of benzene rings is 2. The van der Waals surface area contributed by atoms with Crippen molar-refractivity contribution >= 4 is 11.6 Å². The van der Waals surface area contributed by atoms with Crippen LogP contribution in [0.25, 0.3) is 0 Å². The Kier molecular flexibility index (Phi) is 4.65. The number of hydrogen-bond acceptors (Lipinski definition) is 2. The molecule has 3 heteroatoms. The molecule has 1 aliphatic rings. The lowest BCUT2D eigenvalue weighted by Gasteiger charge is -2.17. The van der Waals surface area contributed by atoms with Gasteiger partial charge in [-0.2, -0.15) is 0 Å². The smallest absolute Gasteiger partial charge is 0.262 e. The summed E-state index contributed by atoms with van der Waals surface area (Å²) in [6.45, 7) is 4.07. The van der Waals surface area contributed by atoms with Crippen molar-refractivity contribution in [1.82, 2.24) is 0 Å². The number of aryl methyl sites for hydroxylation is 4. The van der Waals surface area contributed by atoms with Crippen LogP contribution in [0.1, 0.15) is 35.1 Å². The minimum Gasteiger partial charge on any atom is -0.484 e. The van der Waals surface area contributed by atoms with E-state index >= 15 is 0 Å². The molecule has 0 unspecified atom stereocenters. The lowest BCUT2D eigenvalue weighted by molar-refractivity contribution is -0.118. The first kappa shape index (κ1) is 15.6. The molecule has 3 nitrogen and oxygen atoms in total. The summed E-state index contributed by atoms with van der Waals surface area (Å²) < 4.78 is 5.66. The summed E-state index contributed by atoms with van der Waals surface area (Å²) in [4.78, 5) is 12.1. The quantitative estimate of drug-likeness (QED) is 0.919. The molecule has 0 fully saturated rings. The second kappa shape index (κ2) is 6.86. The Balaban J connectivity index is 1.58. The van der Waals surface area contributed by atoms with Crippen molar-refractivity contribution in [2.75, 3.05) is 11.9 Å². The Morgan fingerprint density at radius 3 is 2.61 bits per heavy atom. The molecule has 1 amide bonds. The first-order chi connectivity index (χ1) is 11.1. The Morgan fingerprint density at radius 1 is 1.04 bits per heavy atom. The summed E-state index contributed by atoms with van der Waals surface area (Å²) in [5.74, 6) is 0.649. The third kappa shape index (κ3) is 3.92. The van der Waals surface area contributed by atoms with Crippen LogP contribution in [0.2, 0.25) is 0 Å². The van der Waals surface area contributed by atoms with E-state index in [1.54, 1.807) is 0 Å². The van der Waals surface area contributed by atoms with E-state index in [2.05, 4.69) is 23.5 Å². The maximum absolute atomic E-state index is 12.1. The van der Waals surface area contributed by atoms with Gasteiger partial charge in [-0.15, -0.1) is 0 Å². The lowest BCUT2D eigenvalue weighted by atomic mass is 9.92. The fourth-order valence-corrected chi connectivity index (χ4v) is 3.09. The Hall–Kier alpha value is -2.29. The summed E-state index contributed by atoms with van der Waals surface area (Å²) in [5, 5.41) is 2.91. The Morgan fingerprint density at radius 2 is 1.83 bits per heavy atom. The van der Waals surface area contributed by atoms with E-state index in [9.17, 15) is 4.79 Å². The van der Waals surface area contributed by atoms with E-state index in [1.165, 1.54) is 29.5 Å². The fourth-order valence-electron chi connectivity index (χ4n) is 3.09. The van der Waals surface area contributed by atoms with Crippen LogP contribution in [0, 0.1) is 13.8 Å². The number of ether oxygens (including phenoxy) is 1. The molecule has 120 valence electrons. The van der Waals surface area contributed by atoms with E-state index in [0.29, 0.717) is 0 Å². The molecule has 1 N–H and O–H groups in total. The highest BCUT2D eigenvalue weighted by atomic mass is 16.5. The second-order valence-electron chi connectivity index (χ2n) is 6.29. The molecule has 0 aromatic heterocycles. The van der Waals surface area contributed by atoms with Gasteiger partial charge >= 0.3 is 0 Å². The molecular formula is C20H23NO2. The first-order valence-electron chi connectivity index (χ1n) is 8.23. The average Bonchev–Trinajstić information content (AvgIpc) is 2.55. The van der Waals surface area contributed by atoms with E-state index in [4.69, 9.17) is 4.74 Å². The first-order valence-corrected chi connectivity index (χ1v) is 8.23. The predicted molar refractivity (Wildman–Crippen MR) is 93.1 cm³/mol.